The van der Waals surface area contributed by atoms with Gasteiger partial charge in [-0.1, -0.05) is 0 Å². The van der Waals surface area contributed by atoms with Gasteiger partial charge in [-0.3, -0.25) is 0 Å². The molecule has 0 fully saturated rings. The molecule has 0 unspecified atom stereocenters. The molecule has 0 aromatic heterocycles. The van der Waals surface area contributed by atoms with Crippen LogP contribution >= 0.6 is 0 Å². The summed E-state index contributed by atoms with van der Waals surface area (Å²) in [6, 6.07) is 0. The van der Waals surface area contributed by atoms with E-state index < -0.39 is 0 Å². The molecule has 9 heavy (non-hydrogen) atoms. The van der Waals surface area contributed by atoms with Crippen LogP contribution in [0.1, 0.15) is 13.8 Å². The fourth-order valence-electron chi connectivity index (χ4n) is 0. The van der Waals surface area contributed by atoms with Gasteiger partial charge in [0, 0.05) is 14.2 Å². The molecule has 0 heterocycles. The molecule has 2 N–H and O–H groups in total. The summed E-state index contributed by atoms with van der Waals surface area (Å²) in [7, 11) is 2.00. The molecule has 0 bridgehead atoms. The molecule has 0 aromatic rings. The van der Waals surface area contributed by atoms with Gasteiger partial charge in [0.25, 0.3) is 0 Å². The summed E-state index contributed by atoms with van der Waals surface area (Å²) in [5, 5.41) is 14.0. The summed E-state index contributed by atoms with van der Waals surface area (Å²) in [5.41, 5.74) is 0. The third kappa shape index (κ3) is 945. The van der Waals surface area contributed by atoms with Crippen LogP contribution in [-0.4, -0.2) is 24.4 Å². The van der Waals surface area contributed by atoms with Gasteiger partial charge in [0.2, 0.25) is 0 Å². The first-order chi connectivity index (χ1) is 4.00. The largest absolute Gasteiger partial charge is 2.00 e. The second-order valence-electron chi connectivity index (χ2n) is 0. The van der Waals surface area contributed by atoms with Gasteiger partial charge in [-0.2, -0.15) is 13.8 Å². The van der Waals surface area contributed by atoms with Crippen LogP contribution in [0.3, 0.4) is 0 Å². The van der Waals surface area contributed by atoms with Crippen molar-refractivity contribution in [1.29, 1.82) is 0 Å². The maximum absolute atomic E-state index is 7.00. The number of hydrogen-bond acceptors (Lipinski definition) is 2. The Balaban J connectivity index is -0.00000000762. The van der Waals surface area contributed by atoms with Crippen molar-refractivity contribution in [2.24, 2.45) is 0 Å². The molecule has 0 aliphatic heterocycles. The first kappa shape index (κ1) is 33.4. The Morgan fingerprint density at radius 2 is 0.667 bits per heavy atom. The maximum atomic E-state index is 7.00. The Kier molecular flexibility index (Phi) is 4650. The van der Waals surface area contributed by atoms with Crippen molar-refractivity contribution in [1.82, 2.24) is 0 Å². The standard InChI is InChI=1S/2C2H5.2CH4O.Ti/c4*1-2;/h2*1H2,2H3;2*2H,1H3;/q2*-1;;;+2. The van der Waals surface area contributed by atoms with Gasteiger partial charge in [-0.15, -0.1) is 0 Å². The molecule has 0 spiro atoms. The predicted molar refractivity (Wildman–Crippen MR) is 38.3 cm³/mol. The summed E-state index contributed by atoms with van der Waals surface area (Å²) in [5.74, 6) is 0. The molecule has 3 heteroatoms. The van der Waals surface area contributed by atoms with Crippen LogP contribution in [0.2, 0.25) is 0 Å². The Morgan fingerprint density at radius 1 is 0.667 bits per heavy atom. The van der Waals surface area contributed by atoms with E-state index in [-0.39, 0.29) is 21.7 Å². The van der Waals surface area contributed by atoms with Crippen molar-refractivity contribution in [3.63, 3.8) is 0 Å². The number of hydrogen-bond donors (Lipinski definition) is 2. The SMILES string of the molecule is CO.CO.[CH2-]C.[CH2-]C.[Ti+2]. The average molecular weight is 170 g/mol. The molecule has 0 aromatic carbocycles. The van der Waals surface area contributed by atoms with Crippen LogP contribution in [-0.2, 0) is 21.7 Å². The minimum Gasteiger partial charge on any atom is -0.400 e. The minimum absolute atomic E-state index is 0. The second-order valence-corrected chi connectivity index (χ2v) is 0. The quantitative estimate of drug-likeness (QED) is 0.418. The zero-order valence-corrected chi connectivity index (χ0v) is 8.37. The van der Waals surface area contributed by atoms with Crippen molar-refractivity contribution in [3.05, 3.63) is 13.8 Å². The molecule has 0 aliphatic carbocycles. The molecule has 58 valence electrons. The van der Waals surface area contributed by atoms with Gasteiger partial charge < -0.3 is 24.1 Å². The number of aliphatic hydroxyl groups excluding tert-OH is 2. The summed E-state index contributed by atoms with van der Waals surface area (Å²) in [4.78, 5) is 0. The Hall–Kier alpha value is 0.634. The molecule has 0 rings (SSSR count). The molecule has 0 atom stereocenters. The first-order valence-corrected chi connectivity index (χ1v) is 2.31. The molecule has 2 nitrogen and oxygen atoms in total. The van der Waals surface area contributed by atoms with Crippen LogP contribution in [0.4, 0.5) is 0 Å². The summed E-state index contributed by atoms with van der Waals surface area (Å²) in [6.45, 7) is 10.0. The van der Waals surface area contributed by atoms with E-state index in [0.717, 1.165) is 14.2 Å². The van der Waals surface area contributed by atoms with Gasteiger partial charge in [0.1, 0.15) is 0 Å². The van der Waals surface area contributed by atoms with Gasteiger partial charge in [0.05, 0.1) is 0 Å². The Bertz CT molecular complexity index is 11.0. The molecule has 0 aliphatic rings. The van der Waals surface area contributed by atoms with Gasteiger partial charge in [0.15, 0.2) is 0 Å². The average Bonchev–Trinajstić information content (AvgIpc) is 2.03. The molecule has 0 amide bonds. The van der Waals surface area contributed by atoms with E-state index in [0.29, 0.717) is 0 Å². The molecule has 0 saturated heterocycles. The van der Waals surface area contributed by atoms with Crippen LogP contribution in [0, 0.1) is 13.8 Å². The first-order valence-electron chi connectivity index (χ1n) is 2.31. The third-order valence-corrected chi connectivity index (χ3v) is 0. The molecular weight excluding hydrogens is 152 g/mol. The number of aliphatic hydroxyl groups is 2. The van der Waals surface area contributed by atoms with Crippen LogP contribution in [0.15, 0.2) is 0 Å². The molecule has 0 radical (unpaired) electrons. The molecule has 0 saturated carbocycles. The van der Waals surface area contributed by atoms with E-state index in [4.69, 9.17) is 10.2 Å². The van der Waals surface area contributed by atoms with E-state index in [1.165, 1.54) is 0 Å². The summed E-state index contributed by atoms with van der Waals surface area (Å²) >= 11 is 0. The normalized spacial score (nSPS) is 2.67. The van der Waals surface area contributed by atoms with Gasteiger partial charge in [-0.05, 0) is 0 Å². The van der Waals surface area contributed by atoms with Gasteiger partial charge >= 0.3 is 21.7 Å². The Morgan fingerprint density at radius 3 is 0.667 bits per heavy atom. The summed E-state index contributed by atoms with van der Waals surface area (Å²) in [6.07, 6.45) is 0. The summed E-state index contributed by atoms with van der Waals surface area (Å²) < 4.78 is 0. The molecular formula is C6H18O2Ti. The van der Waals surface area contributed by atoms with Crippen molar-refractivity contribution in [2.75, 3.05) is 14.2 Å². The third-order valence-electron chi connectivity index (χ3n) is 0. The van der Waals surface area contributed by atoms with E-state index in [9.17, 15) is 0 Å². The van der Waals surface area contributed by atoms with E-state index in [1.54, 1.807) is 13.8 Å². The van der Waals surface area contributed by atoms with Crippen LogP contribution < -0.4 is 0 Å². The van der Waals surface area contributed by atoms with E-state index in [2.05, 4.69) is 13.8 Å². The Labute approximate surface area is 74.2 Å². The van der Waals surface area contributed by atoms with E-state index >= 15 is 0 Å². The maximum Gasteiger partial charge on any atom is 2.00 e. The fraction of sp³-hybridized carbons (Fsp3) is 0.667. The van der Waals surface area contributed by atoms with Crippen molar-refractivity contribution >= 4 is 0 Å². The smallest absolute Gasteiger partial charge is 0.400 e. The zero-order chi connectivity index (χ0) is 8.00. The van der Waals surface area contributed by atoms with Crippen molar-refractivity contribution < 1.29 is 31.9 Å². The zero-order valence-electron chi connectivity index (χ0n) is 6.81. The van der Waals surface area contributed by atoms with E-state index in [1.807, 2.05) is 0 Å². The second kappa shape index (κ2) is 1250. The van der Waals surface area contributed by atoms with Crippen molar-refractivity contribution in [3.8, 4) is 0 Å². The predicted octanol–water partition coefficient (Wildman–Crippen LogP) is 0.895. The van der Waals surface area contributed by atoms with Crippen LogP contribution in [0.25, 0.3) is 0 Å². The van der Waals surface area contributed by atoms with Gasteiger partial charge in [-0.25, -0.2) is 0 Å². The monoisotopic (exact) mass is 170 g/mol. The van der Waals surface area contributed by atoms with Crippen LogP contribution in [0.5, 0.6) is 0 Å². The van der Waals surface area contributed by atoms with Crippen molar-refractivity contribution in [2.45, 2.75) is 13.8 Å². The minimum atomic E-state index is 0. The topological polar surface area (TPSA) is 40.5 Å². The number of rotatable bonds is 0. The fourth-order valence-corrected chi connectivity index (χ4v) is 0.